The molecule has 1 atom stereocenters. The minimum atomic E-state index is -0.117. The van der Waals surface area contributed by atoms with Gasteiger partial charge >= 0.3 is 0 Å². The van der Waals surface area contributed by atoms with Gasteiger partial charge in [0.2, 0.25) is 0 Å². The molecule has 2 rings (SSSR count). The van der Waals surface area contributed by atoms with E-state index >= 15 is 0 Å². The Morgan fingerprint density at radius 3 is 2.28 bits per heavy atom. The maximum absolute atomic E-state index is 6.20. The van der Waals surface area contributed by atoms with Gasteiger partial charge in [0.05, 0.1) is 12.6 Å². The van der Waals surface area contributed by atoms with E-state index in [0.717, 1.165) is 29.9 Å². The van der Waals surface area contributed by atoms with E-state index in [0.29, 0.717) is 0 Å². The van der Waals surface area contributed by atoms with E-state index in [1.165, 1.54) is 0 Å². The van der Waals surface area contributed by atoms with Gasteiger partial charge in [0.25, 0.3) is 0 Å². The van der Waals surface area contributed by atoms with Gasteiger partial charge in [-0.15, -0.1) is 0 Å². The Balaban J connectivity index is 2.09. The number of rotatable bonds is 5. The maximum Gasteiger partial charge on any atom is 0.119 e. The van der Waals surface area contributed by atoms with Crippen molar-refractivity contribution in [3.63, 3.8) is 0 Å². The molecule has 0 aliphatic carbocycles. The highest BCUT2D eigenvalue weighted by Gasteiger charge is 2.08. The van der Waals surface area contributed by atoms with Crippen LogP contribution in [-0.4, -0.2) is 11.6 Å². The third kappa shape index (κ3) is 3.08. The smallest absolute Gasteiger partial charge is 0.119 e. The molecule has 2 N–H and O–H groups in total. The number of nitrogens with two attached hydrogens (primary N) is 1. The Bertz CT molecular complexity index is 468. The third-order valence-electron chi connectivity index (χ3n) is 2.78. The van der Waals surface area contributed by atoms with E-state index in [1.54, 1.807) is 12.4 Å². The molecular weight excluding hydrogens is 224 g/mol. The SMILES string of the molecule is CCCOc1ccc(C(N)c2ccncc2)cc1. The van der Waals surface area contributed by atoms with Crippen LogP contribution < -0.4 is 10.5 Å². The standard InChI is InChI=1S/C15H18N2O/c1-2-11-18-14-5-3-12(4-6-14)15(16)13-7-9-17-10-8-13/h3-10,15H,2,11,16H2,1H3. The lowest BCUT2D eigenvalue weighted by Gasteiger charge is -2.13. The summed E-state index contributed by atoms with van der Waals surface area (Å²) in [5.41, 5.74) is 8.33. The van der Waals surface area contributed by atoms with Crippen molar-refractivity contribution in [3.05, 3.63) is 59.9 Å². The van der Waals surface area contributed by atoms with Crippen molar-refractivity contribution >= 4 is 0 Å². The summed E-state index contributed by atoms with van der Waals surface area (Å²) >= 11 is 0. The lowest BCUT2D eigenvalue weighted by molar-refractivity contribution is 0.317. The van der Waals surface area contributed by atoms with Crippen LogP contribution in [0.5, 0.6) is 5.75 Å². The van der Waals surface area contributed by atoms with Crippen LogP contribution in [0, 0.1) is 0 Å². The predicted octanol–water partition coefficient (Wildman–Crippen LogP) is 2.92. The number of hydrogen-bond donors (Lipinski definition) is 1. The summed E-state index contributed by atoms with van der Waals surface area (Å²) in [7, 11) is 0. The number of hydrogen-bond acceptors (Lipinski definition) is 3. The van der Waals surface area contributed by atoms with E-state index in [1.807, 2.05) is 36.4 Å². The highest BCUT2D eigenvalue weighted by Crippen LogP contribution is 2.21. The summed E-state index contributed by atoms with van der Waals surface area (Å²) in [4.78, 5) is 3.99. The second-order valence-corrected chi connectivity index (χ2v) is 4.18. The maximum atomic E-state index is 6.20. The monoisotopic (exact) mass is 242 g/mol. The lowest BCUT2D eigenvalue weighted by atomic mass is 10.0. The number of pyridine rings is 1. The molecule has 0 bridgehead atoms. The number of nitrogens with zero attached hydrogens (tertiary/aromatic N) is 1. The Hall–Kier alpha value is -1.87. The Labute approximate surface area is 108 Å². The average molecular weight is 242 g/mol. The van der Waals surface area contributed by atoms with E-state index in [4.69, 9.17) is 10.5 Å². The zero-order valence-electron chi connectivity index (χ0n) is 10.5. The van der Waals surface area contributed by atoms with Crippen molar-refractivity contribution < 1.29 is 4.74 Å². The van der Waals surface area contributed by atoms with Gasteiger partial charge in [0.1, 0.15) is 5.75 Å². The molecule has 0 saturated heterocycles. The summed E-state index contributed by atoms with van der Waals surface area (Å²) in [5.74, 6) is 0.891. The normalized spacial score (nSPS) is 12.1. The second-order valence-electron chi connectivity index (χ2n) is 4.18. The van der Waals surface area contributed by atoms with Gasteiger partial charge in [-0.25, -0.2) is 0 Å². The van der Waals surface area contributed by atoms with Gasteiger partial charge in [-0.3, -0.25) is 4.98 Å². The van der Waals surface area contributed by atoms with Crippen molar-refractivity contribution in [2.45, 2.75) is 19.4 Å². The first-order valence-corrected chi connectivity index (χ1v) is 6.19. The van der Waals surface area contributed by atoms with Crippen LogP contribution >= 0.6 is 0 Å². The number of ether oxygens (including phenoxy) is 1. The molecule has 2 aromatic rings. The van der Waals surface area contributed by atoms with Crippen molar-refractivity contribution in [3.8, 4) is 5.75 Å². The van der Waals surface area contributed by atoms with Crippen molar-refractivity contribution in [2.75, 3.05) is 6.61 Å². The molecule has 1 unspecified atom stereocenters. The minimum absolute atomic E-state index is 0.117. The first kappa shape index (κ1) is 12.6. The van der Waals surface area contributed by atoms with Crippen LogP contribution in [0.1, 0.15) is 30.5 Å². The second kappa shape index (κ2) is 6.17. The average Bonchev–Trinajstić information content (AvgIpc) is 2.46. The first-order valence-electron chi connectivity index (χ1n) is 6.19. The number of aromatic nitrogens is 1. The zero-order valence-corrected chi connectivity index (χ0v) is 10.5. The van der Waals surface area contributed by atoms with Crippen LogP contribution in [0.25, 0.3) is 0 Å². The van der Waals surface area contributed by atoms with E-state index in [9.17, 15) is 0 Å². The Morgan fingerprint density at radius 2 is 1.67 bits per heavy atom. The van der Waals surface area contributed by atoms with Crippen molar-refractivity contribution in [1.29, 1.82) is 0 Å². The molecule has 1 aromatic heterocycles. The topological polar surface area (TPSA) is 48.1 Å². The van der Waals surface area contributed by atoms with Crippen LogP contribution in [0.15, 0.2) is 48.8 Å². The summed E-state index contributed by atoms with van der Waals surface area (Å²) in [6, 6.07) is 11.7. The summed E-state index contributed by atoms with van der Waals surface area (Å²) in [6.07, 6.45) is 4.53. The molecule has 0 fully saturated rings. The van der Waals surface area contributed by atoms with Gasteiger partial charge in [-0.2, -0.15) is 0 Å². The quantitative estimate of drug-likeness (QED) is 0.877. The molecule has 0 radical (unpaired) electrons. The molecule has 3 heteroatoms. The fourth-order valence-electron chi connectivity index (χ4n) is 1.75. The lowest BCUT2D eigenvalue weighted by Crippen LogP contribution is -2.11. The summed E-state index contributed by atoms with van der Waals surface area (Å²) in [5, 5.41) is 0. The molecule has 18 heavy (non-hydrogen) atoms. The summed E-state index contributed by atoms with van der Waals surface area (Å²) < 4.78 is 5.54. The molecule has 0 aliphatic heterocycles. The van der Waals surface area contributed by atoms with E-state index in [-0.39, 0.29) is 6.04 Å². The highest BCUT2D eigenvalue weighted by molar-refractivity contribution is 5.34. The van der Waals surface area contributed by atoms with Crippen LogP contribution in [0.4, 0.5) is 0 Å². The molecule has 3 nitrogen and oxygen atoms in total. The molecule has 94 valence electrons. The minimum Gasteiger partial charge on any atom is -0.494 e. The van der Waals surface area contributed by atoms with Gasteiger partial charge in [0, 0.05) is 12.4 Å². The van der Waals surface area contributed by atoms with Crippen LogP contribution in [0.2, 0.25) is 0 Å². The zero-order chi connectivity index (χ0) is 12.8. The molecule has 0 saturated carbocycles. The fourth-order valence-corrected chi connectivity index (χ4v) is 1.75. The van der Waals surface area contributed by atoms with Gasteiger partial charge < -0.3 is 10.5 Å². The third-order valence-corrected chi connectivity index (χ3v) is 2.78. The molecule has 0 aliphatic rings. The molecule has 1 heterocycles. The van der Waals surface area contributed by atoms with Crippen molar-refractivity contribution in [1.82, 2.24) is 4.98 Å². The van der Waals surface area contributed by atoms with Crippen LogP contribution in [0.3, 0.4) is 0 Å². The summed E-state index contributed by atoms with van der Waals surface area (Å²) in [6.45, 7) is 2.84. The van der Waals surface area contributed by atoms with Gasteiger partial charge in [-0.05, 0) is 41.8 Å². The van der Waals surface area contributed by atoms with E-state index in [2.05, 4.69) is 11.9 Å². The molecular formula is C15H18N2O. The molecule has 1 aromatic carbocycles. The van der Waals surface area contributed by atoms with Gasteiger partial charge in [0.15, 0.2) is 0 Å². The fraction of sp³-hybridized carbons (Fsp3) is 0.267. The Kier molecular flexibility index (Phi) is 4.31. The van der Waals surface area contributed by atoms with Crippen LogP contribution in [-0.2, 0) is 0 Å². The highest BCUT2D eigenvalue weighted by atomic mass is 16.5. The predicted molar refractivity (Wildman–Crippen MR) is 72.5 cm³/mol. The van der Waals surface area contributed by atoms with Crippen molar-refractivity contribution in [2.24, 2.45) is 5.73 Å². The molecule has 0 spiro atoms. The largest absolute Gasteiger partial charge is 0.494 e. The van der Waals surface area contributed by atoms with Gasteiger partial charge in [-0.1, -0.05) is 19.1 Å². The molecule has 0 amide bonds. The number of benzene rings is 1. The Morgan fingerprint density at radius 1 is 1.06 bits per heavy atom. The first-order chi connectivity index (χ1) is 8.81. The van der Waals surface area contributed by atoms with E-state index < -0.39 is 0 Å².